The summed E-state index contributed by atoms with van der Waals surface area (Å²) in [6, 6.07) is 5.35. The number of rotatable bonds is 5. The third kappa shape index (κ3) is 4.55. The molecule has 2 aliphatic rings. The monoisotopic (exact) mass is 411 g/mol. The zero-order valence-corrected chi connectivity index (χ0v) is 17.4. The molecule has 0 unspecified atom stereocenters. The van der Waals surface area contributed by atoms with Gasteiger partial charge in [-0.25, -0.2) is 12.8 Å². The standard InChI is InChI=1S/C20H30FN3O3S/c1-15-7-3-5-9-18(15)22-20(25)16(2)23-11-13-24(14-12-23)28(26,27)19-10-6-4-8-17(19)21/h4,6,8,10,15-16,18H,3,5,7,9,11-14H2,1-2H3,(H,22,25)/t15-,16-,18-/m1/s1. The van der Waals surface area contributed by atoms with Gasteiger partial charge in [-0.3, -0.25) is 9.69 Å². The Labute approximate surface area is 167 Å². The summed E-state index contributed by atoms with van der Waals surface area (Å²) < 4.78 is 40.6. The zero-order valence-electron chi connectivity index (χ0n) is 16.6. The third-order valence-electron chi connectivity index (χ3n) is 6.09. The molecule has 1 aliphatic carbocycles. The van der Waals surface area contributed by atoms with Crippen molar-refractivity contribution in [3.63, 3.8) is 0 Å². The van der Waals surface area contributed by atoms with Crippen LogP contribution >= 0.6 is 0 Å². The minimum Gasteiger partial charge on any atom is -0.352 e. The first-order valence-electron chi connectivity index (χ1n) is 10.1. The maximum absolute atomic E-state index is 13.9. The van der Waals surface area contributed by atoms with Crippen LogP contribution in [0.2, 0.25) is 0 Å². The fourth-order valence-corrected chi connectivity index (χ4v) is 5.61. The molecule has 3 atom stereocenters. The predicted octanol–water partition coefficient (Wildman–Crippen LogP) is 2.22. The molecule has 8 heteroatoms. The van der Waals surface area contributed by atoms with Gasteiger partial charge < -0.3 is 5.32 Å². The van der Waals surface area contributed by atoms with E-state index in [1.54, 1.807) is 0 Å². The Morgan fingerprint density at radius 1 is 1.14 bits per heavy atom. The number of halogens is 1. The van der Waals surface area contributed by atoms with Crippen LogP contribution in [0.4, 0.5) is 4.39 Å². The van der Waals surface area contributed by atoms with Gasteiger partial charge in [0.25, 0.3) is 0 Å². The van der Waals surface area contributed by atoms with Crippen molar-refractivity contribution in [1.29, 1.82) is 0 Å². The second-order valence-electron chi connectivity index (χ2n) is 7.92. The number of carbonyl (C=O) groups is 1. The minimum absolute atomic E-state index is 0.00385. The Hall–Kier alpha value is -1.51. The van der Waals surface area contributed by atoms with E-state index < -0.39 is 15.8 Å². The average molecular weight is 412 g/mol. The summed E-state index contributed by atoms with van der Waals surface area (Å²) in [6.07, 6.45) is 4.54. The van der Waals surface area contributed by atoms with Crippen LogP contribution in [0.1, 0.15) is 39.5 Å². The molecule has 0 spiro atoms. The number of hydrogen-bond acceptors (Lipinski definition) is 4. The highest BCUT2D eigenvalue weighted by molar-refractivity contribution is 7.89. The van der Waals surface area contributed by atoms with Gasteiger partial charge in [-0.15, -0.1) is 0 Å². The molecular formula is C20H30FN3O3S. The number of piperazine rings is 1. The number of nitrogens with one attached hydrogen (secondary N) is 1. The van der Waals surface area contributed by atoms with Gasteiger partial charge in [0, 0.05) is 32.2 Å². The Morgan fingerprint density at radius 3 is 2.43 bits per heavy atom. The van der Waals surface area contributed by atoms with Gasteiger partial charge in [0.2, 0.25) is 15.9 Å². The number of amides is 1. The highest BCUT2D eigenvalue weighted by Crippen LogP contribution is 2.24. The molecule has 28 heavy (non-hydrogen) atoms. The van der Waals surface area contributed by atoms with E-state index in [1.165, 1.54) is 28.9 Å². The van der Waals surface area contributed by atoms with Gasteiger partial charge in [-0.2, -0.15) is 4.31 Å². The molecule has 156 valence electrons. The van der Waals surface area contributed by atoms with E-state index in [0.29, 0.717) is 19.0 Å². The third-order valence-corrected chi connectivity index (χ3v) is 8.03. The number of nitrogens with zero attached hydrogens (tertiary/aromatic N) is 2. The number of benzene rings is 1. The lowest BCUT2D eigenvalue weighted by Gasteiger charge is -2.38. The van der Waals surface area contributed by atoms with Crippen molar-refractivity contribution in [3.05, 3.63) is 30.1 Å². The summed E-state index contributed by atoms with van der Waals surface area (Å²) in [5.74, 6) is -0.240. The van der Waals surface area contributed by atoms with Gasteiger partial charge in [0.05, 0.1) is 6.04 Å². The first kappa shape index (κ1) is 21.2. The van der Waals surface area contributed by atoms with Crippen molar-refractivity contribution >= 4 is 15.9 Å². The SMILES string of the molecule is C[C@@H]1CCCC[C@H]1NC(=O)[C@@H](C)N1CCN(S(=O)(=O)c2ccccc2F)CC1. The molecule has 1 aromatic carbocycles. The Balaban J connectivity index is 1.57. The Kier molecular flexibility index (Phi) is 6.73. The zero-order chi connectivity index (χ0) is 20.3. The normalized spacial score (nSPS) is 26.0. The van der Waals surface area contributed by atoms with Crippen LogP contribution in [0, 0.1) is 11.7 Å². The van der Waals surface area contributed by atoms with E-state index in [2.05, 4.69) is 12.2 Å². The van der Waals surface area contributed by atoms with Gasteiger partial charge in [-0.1, -0.05) is 31.9 Å². The van der Waals surface area contributed by atoms with E-state index in [0.717, 1.165) is 25.3 Å². The lowest BCUT2D eigenvalue weighted by molar-refractivity contribution is -0.127. The highest BCUT2D eigenvalue weighted by atomic mass is 32.2. The van der Waals surface area contributed by atoms with Crippen LogP contribution < -0.4 is 5.32 Å². The fourth-order valence-electron chi connectivity index (χ4n) is 4.12. The maximum atomic E-state index is 13.9. The summed E-state index contributed by atoms with van der Waals surface area (Å²) >= 11 is 0. The predicted molar refractivity (Wildman–Crippen MR) is 106 cm³/mol. The summed E-state index contributed by atoms with van der Waals surface area (Å²) in [4.78, 5) is 14.4. The van der Waals surface area contributed by atoms with Crippen molar-refractivity contribution in [1.82, 2.24) is 14.5 Å². The first-order valence-corrected chi connectivity index (χ1v) is 11.5. The molecule has 0 aromatic heterocycles. The fraction of sp³-hybridized carbons (Fsp3) is 0.650. The second-order valence-corrected chi connectivity index (χ2v) is 9.83. The van der Waals surface area contributed by atoms with Crippen molar-refractivity contribution < 1.29 is 17.6 Å². The molecule has 1 aliphatic heterocycles. The Bertz CT molecular complexity index is 794. The lowest BCUT2D eigenvalue weighted by atomic mass is 9.86. The van der Waals surface area contributed by atoms with Crippen molar-refractivity contribution in [3.8, 4) is 0 Å². The summed E-state index contributed by atoms with van der Waals surface area (Å²) in [5, 5.41) is 3.18. The number of hydrogen-bond donors (Lipinski definition) is 1. The van der Waals surface area contributed by atoms with Crippen LogP contribution in [0.3, 0.4) is 0 Å². The molecule has 0 bridgehead atoms. The van der Waals surface area contributed by atoms with Gasteiger partial charge in [0.15, 0.2) is 0 Å². The quantitative estimate of drug-likeness (QED) is 0.807. The number of carbonyl (C=O) groups excluding carboxylic acids is 1. The topological polar surface area (TPSA) is 69.7 Å². The van der Waals surface area contributed by atoms with Crippen LogP contribution in [0.25, 0.3) is 0 Å². The molecule has 3 rings (SSSR count). The molecule has 6 nitrogen and oxygen atoms in total. The second kappa shape index (κ2) is 8.88. The van der Waals surface area contributed by atoms with Crippen LogP contribution in [-0.4, -0.2) is 61.8 Å². The van der Waals surface area contributed by atoms with E-state index in [9.17, 15) is 17.6 Å². The number of sulfonamides is 1. The van der Waals surface area contributed by atoms with Crippen LogP contribution in [0.5, 0.6) is 0 Å². The van der Waals surface area contributed by atoms with Gasteiger partial charge in [0.1, 0.15) is 10.7 Å². The summed E-state index contributed by atoms with van der Waals surface area (Å²) in [6.45, 7) is 5.43. The largest absolute Gasteiger partial charge is 0.352 e. The molecule has 2 fully saturated rings. The van der Waals surface area contributed by atoms with E-state index in [4.69, 9.17) is 0 Å². The molecule has 1 heterocycles. The first-order chi connectivity index (χ1) is 13.3. The van der Waals surface area contributed by atoms with Crippen molar-refractivity contribution in [2.75, 3.05) is 26.2 Å². The summed E-state index contributed by atoms with van der Waals surface area (Å²) in [5.41, 5.74) is 0. The van der Waals surface area contributed by atoms with E-state index >= 15 is 0 Å². The molecule has 1 saturated heterocycles. The molecule has 1 N–H and O–H groups in total. The summed E-state index contributed by atoms with van der Waals surface area (Å²) in [7, 11) is -3.86. The van der Waals surface area contributed by atoms with E-state index in [-0.39, 0.29) is 36.0 Å². The van der Waals surface area contributed by atoms with Crippen molar-refractivity contribution in [2.45, 2.75) is 56.5 Å². The molecular weight excluding hydrogens is 381 g/mol. The molecule has 0 radical (unpaired) electrons. The maximum Gasteiger partial charge on any atom is 0.246 e. The molecule has 1 amide bonds. The van der Waals surface area contributed by atoms with E-state index in [1.807, 2.05) is 11.8 Å². The molecule has 1 saturated carbocycles. The molecule has 1 aromatic rings. The van der Waals surface area contributed by atoms with Gasteiger partial charge >= 0.3 is 0 Å². The van der Waals surface area contributed by atoms with Crippen LogP contribution in [0.15, 0.2) is 29.2 Å². The smallest absolute Gasteiger partial charge is 0.246 e. The highest BCUT2D eigenvalue weighted by Gasteiger charge is 2.34. The van der Waals surface area contributed by atoms with Crippen molar-refractivity contribution in [2.24, 2.45) is 5.92 Å². The van der Waals surface area contributed by atoms with Crippen LogP contribution in [-0.2, 0) is 14.8 Å². The average Bonchev–Trinajstić information content (AvgIpc) is 2.69. The lowest BCUT2D eigenvalue weighted by Crippen LogP contribution is -2.56. The Morgan fingerprint density at radius 2 is 1.79 bits per heavy atom. The van der Waals surface area contributed by atoms with Gasteiger partial charge in [-0.05, 0) is 37.8 Å². The minimum atomic E-state index is -3.86.